The molecular weight excluding hydrogens is 296 g/mol. The number of nitrogens with one attached hydrogen (secondary N) is 1. The summed E-state index contributed by atoms with van der Waals surface area (Å²) in [5, 5.41) is 12.1. The van der Waals surface area contributed by atoms with Crippen LogP contribution in [0, 0.1) is 25.2 Å². The van der Waals surface area contributed by atoms with Gasteiger partial charge in [0.25, 0.3) is 0 Å². The van der Waals surface area contributed by atoms with Crippen molar-refractivity contribution < 1.29 is 8.42 Å². The predicted molar refractivity (Wildman–Crippen MR) is 86.9 cm³/mol. The monoisotopic (exact) mass is 312 g/mol. The molecule has 0 fully saturated rings. The van der Waals surface area contributed by atoms with E-state index in [1.165, 1.54) is 18.3 Å². The number of nitrogens with zero attached hydrogens (tertiary/aromatic N) is 1. The van der Waals surface area contributed by atoms with Gasteiger partial charge in [0, 0.05) is 11.9 Å². The van der Waals surface area contributed by atoms with Crippen molar-refractivity contribution in [1.29, 1.82) is 5.26 Å². The highest BCUT2D eigenvalue weighted by molar-refractivity contribution is 7.95. The van der Waals surface area contributed by atoms with E-state index < -0.39 is 9.84 Å². The van der Waals surface area contributed by atoms with Gasteiger partial charge in [0.15, 0.2) is 4.91 Å². The Labute approximate surface area is 130 Å². The van der Waals surface area contributed by atoms with Crippen LogP contribution >= 0.6 is 0 Å². The van der Waals surface area contributed by atoms with E-state index in [1.807, 2.05) is 32.0 Å². The van der Waals surface area contributed by atoms with Gasteiger partial charge in [-0.25, -0.2) is 8.42 Å². The first-order valence-corrected chi connectivity index (χ1v) is 8.17. The largest absolute Gasteiger partial charge is 0.360 e. The minimum absolute atomic E-state index is 0.102. The maximum Gasteiger partial charge on any atom is 0.218 e. The van der Waals surface area contributed by atoms with Gasteiger partial charge in [0.1, 0.15) is 6.07 Å². The predicted octanol–water partition coefficient (Wildman–Crippen LogP) is 3.55. The van der Waals surface area contributed by atoms with E-state index in [4.69, 9.17) is 0 Å². The van der Waals surface area contributed by atoms with Crippen molar-refractivity contribution in [1.82, 2.24) is 0 Å². The molecule has 0 saturated carbocycles. The number of sulfone groups is 1. The average Bonchev–Trinajstić information content (AvgIpc) is 2.50. The minimum atomic E-state index is -3.80. The van der Waals surface area contributed by atoms with Crippen LogP contribution in [0.15, 0.2) is 64.5 Å². The highest BCUT2D eigenvalue weighted by Crippen LogP contribution is 2.20. The zero-order valence-corrected chi connectivity index (χ0v) is 13.2. The van der Waals surface area contributed by atoms with Gasteiger partial charge in [-0.1, -0.05) is 35.9 Å². The number of benzene rings is 2. The molecule has 0 saturated heterocycles. The van der Waals surface area contributed by atoms with Crippen LogP contribution in [0.5, 0.6) is 0 Å². The van der Waals surface area contributed by atoms with Gasteiger partial charge in [-0.2, -0.15) is 5.26 Å². The Balaban J connectivity index is 2.34. The molecule has 0 bridgehead atoms. The number of hydrogen-bond donors (Lipinski definition) is 1. The second-order valence-electron chi connectivity index (χ2n) is 4.90. The van der Waals surface area contributed by atoms with Gasteiger partial charge in [0.05, 0.1) is 4.90 Å². The molecule has 0 atom stereocenters. The van der Waals surface area contributed by atoms with Crippen molar-refractivity contribution in [3.8, 4) is 6.07 Å². The Morgan fingerprint density at radius 3 is 2.41 bits per heavy atom. The molecule has 0 aliphatic carbocycles. The Bertz CT molecular complexity index is 848. The first-order chi connectivity index (χ1) is 10.4. The molecule has 4 nitrogen and oxygen atoms in total. The molecule has 1 N–H and O–H groups in total. The minimum Gasteiger partial charge on any atom is -0.360 e. The Kier molecular flexibility index (Phi) is 4.64. The third kappa shape index (κ3) is 3.35. The quantitative estimate of drug-likeness (QED) is 0.876. The van der Waals surface area contributed by atoms with Crippen molar-refractivity contribution in [2.24, 2.45) is 0 Å². The molecule has 0 aromatic heterocycles. The second kappa shape index (κ2) is 6.46. The Morgan fingerprint density at radius 2 is 1.82 bits per heavy atom. The number of aryl methyl sites for hydroxylation is 2. The van der Waals surface area contributed by atoms with E-state index in [0.717, 1.165) is 16.8 Å². The van der Waals surface area contributed by atoms with Crippen LogP contribution in [0.2, 0.25) is 0 Å². The molecule has 5 heteroatoms. The highest BCUT2D eigenvalue weighted by Gasteiger charge is 2.20. The van der Waals surface area contributed by atoms with Crippen molar-refractivity contribution in [3.05, 3.63) is 70.8 Å². The maximum absolute atomic E-state index is 12.4. The van der Waals surface area contributed by atoms with E-state index in [-0.39, 0.29) is 9.80 Å². The van der Waals surface area contributed by atoms with Crippen LogP contribution in [-0.4, -0.2) is 8.42 Å². The van der Waals surface area contributed by atoms with Crippen molar-refractivity contribution in [2.45, 2.75) is 18.7 Å². The van der Waals surface area contributed by atoms with Gasteiger partial charge in [-0.15, -0.1) is 0 Å². The fraction of sp³-hybridized carbons (Fsp3) is 0.118. The van der Waals surface area contributed by atoms with Gasteiger partial charge in [0.2, 0.25) is 9.84 Å². The summed E-state index contributed by atoms with van der Waals surface area (Å²) < 4.78 is 24.8. The molecule has 2 aromatic rings. The van der Waals surface area contributed by atoms with Crippen LogP contribution < -0.4 is 5.32 Å². The summed E-state index contributed by atoms with van der Waals surface area (Å²) in [5.41, 5.74) is 2.86. The molecule has 112 valence electrons. The molecular formula is C17H16N2O2S. The highest BCUT2D eigenvalue weighted by atomic mass is 32.2. The van der Waals surface area contributed by atoms with Crippen LogP contribution in [0.3, 0.4) is 0 Å². The van der Waals surface area contributed by atoms with Crippen LogP contribution in [0.25, 0.3) is 0 Å². The van der Waals surface area contributed by atoms with Gasteiger partial charge < -0.3 is 5.32 Å². The number of rotatable bonds is 4. The third-order valence-corrected chi connectivity index (χ3v) is 4.87. The summed E-state index contributed by atoms with van der Waals surface area (Å²) in [4.78, 5) is -0.219. The number of nitriles is 1. The molecule has 22 heavy (non-hydrogen) atoms. The van der Waals surface area contributed by atoms with Gasteiger partial charge >= 0.3 is 0 Å². The fourth-order valence-corrected chi connectivity index (χ4v) is 3.12. The number of allylic oxidation sites excluding steroid dienone is 1. The first-order valence-electron chi connectivity index (χ1n) is 6.69. The second-order valence-corrected chi connectivity index (χ2v) is 6.82. The fourth-order valence-electron chi connectivity index (χ4n) is 2.02. The number of hydrogen-bond acceptors (Lipinski definition) is 4. The van der Waals surface area contributed by atoms with E-state index in [9.17, 15) is 13.7 Å². The summed E-state index contributed by atoms with van der Waals surface area (Å²) in [5.74, 6) is 0. The summed E-state index contributed by atoms with van der Waals surface area (Å²) >= 11 is 0. The standard InChI is InChI=1S/C17H16N2O2S/c1-13-8-9-17(14(2)10-13)19-12-16(11-18)22(20,21)15-6-4-3-5-7-15/h3-10,12,19H,1-2H3/b16-12+. The summed E-state index contributed by atoms with van der Waals surface area (Å²) in [6.07, 6.45) is 1.24. The van der Waals surface area contributed by atoms with Crippen molar-refractivity contribution in [3.63, 3.8) is 0 Å². The van der Waals surface area contributed by atoms with Crippen LogP contribution in [0.1, 0.15) is 11.1 Å². The first kappa shape index (κ1) is 15.8. The zero-order chi connectivity index (χ0) is 16.2. The Morgan fingerprint density at radius 1 is 1.14 bits per heavy atom. The van der Waals surface area contributed by atoms with E-state index in [0.29, 0.717) is 0 Å². The molecule has 0 heterocycles. The molecule has 0 radical (unpaired) electrons. The van der Waals surface area contributed by atoms with E-state index >= 15 is 0 Å². The lowest BCUT2D eigenvalue weighted by atomic mass is 10.1. The van der Waals surface area contributed by atoms with E-state index in [2.05, 4.69) is 5.32 Å². The molecule has 0 spiro atoms. The molecule has 0 aliphatic rings. The third-order valence-electron chi connectivity index (χ3n) is 3.19. The van der Waals surface area contributed by atoms with Gasteiger partial charge in [-0.3, -0.25) is 0 Å². The summed E-state index contributed by atoms with van der Waals surface area (Å²) in [6.45, 7) is 3.90. The zero-order valence-electron chi connectivity index (χ0n) is 12.4. The van der Waals surface area contributed by atoms with Crippen LogP contribution in [0.4, 0.5) is 5.69 Å². The number of anilines is 1. The molecule has 2 aromatic carbocycles. The molecule has 0 aliphatic heterocycles. The summed E-state index contributed by atoms with van der Waals surface area (Å²) in [6, 6.07) is 15.4. The Hall–Kier alpha value is -2.58. The lowest BCUT2D eigenvalue weighted by Gasteiger charge is -2.08. The maximum atomic E-state index is 12.4. The molecule has 0 amide bonds. The van der Waals surface area contributed by atoms with Crippen molar-refractivity contribution >= 4 is 15.5 Å². The normalized spacial score (nSPS) is 11.8. The smallest absolute Gasteiger partial charge is 0.218 e. The lowest BCUT2D eigenvalue weighted by molar-refractivity contribution is 0.603. The van der Waals surface area contributed by atoms with Crippen LogP contribution in [-0.2, 0) is 9.84 Å². The van der Waals surface area contributed by atoms with E-state index in [1.54, 1.807) is 24.3 Å². The lowest BCUT2D eigenvalue weighted by Crippen LogP contribution is -2.05. The summed E-state index contributed by atoms with van der Waals surface area (Å²) in [7, 11) is -3.80. The van der Waals surface area contributed by atoms with Gasteiger partial charge in [-0.05, 0) is 37.6 Å². The van der Waals surface area contributed by atoms with Crippen molar-refractivity contribution in [2.75, 3.05) is 5.32 Å². The SMILES string of the molecule is Cc1ccc(N/C=C(\C#N)S(=O)(=O)c2ccccc2)c(C)c1. The molecule has 2 rings (SSSR count). The average molecular weight is 312 g/mol. The topological polar surface area (TPSA) is 70.0 Å². The molecule has 0 unspecified atom stereocenters.